The fraction of sp³-hybridized carbons (Fsp3) is 0.0909. The zero-order valence-corrected chi connectivity index (χ0v) is 16.7. The van der Waals surface area contributed by atoms with Crippen LogP contribution in [0.4, 0.5) is 11.6 Å². The molecule has 0 fully saturated rings. The highest BCUT2D eigenvalue weighted by atomic mass is 35.5. The van der Waals surface area contributed by atoms with Gasteiger partial charge in [-0.25, -0.2) is 0 Å². The zero-order chi connectivity index (χ0) is 20.2. The minimum absolute atomic E-state index is 0.512. The fourth-order valence-electron chi connectivity index (χ4n) is 2.88. The molecule has 0 atom stereocenters. The molecule has 0 unspecified atom stereocenters. The minimum Gasteiger partial charge on any atom is -0.363 e. The van der Waals surface area contributed by atoms with E-state index in [1.807, 2.05) is 36.4 Å². The van der Waals surface area contributed by atoms with E-state index in [-0.39, 0.29) is 0 Å². The SMILES string of the molecule is C=C(CNc1cc(-c2ccc(Cl)cc2)[nH]n1)Nc1cc(-c2ccc(C)cc2)[nH]n1. The molecule has 0 bridgehead atoms. The molecule has 0 aliphatic carbocycles. The molecular weight excluding hydrogens is 384 g/mol. The number of aromatic amines is 2. The average Bonchev–Trinajstić information content (AvgIpc) is 3.37. The lowest BCUT2D eigenvalue weighted by Crippen LogP contribution is -2.11. The van der Waals surface area contributed by atoms with E-state index in [0.29, 0.717) is 11.6 Å². The van der Waals surface area contributed by atoms with Crippen molar-refractivity contribution >= 4 is 23.2 Å². The zero-order valence-electron chi connectivity index (χ0n) is 16.0. The molecule has 4 rings (SSSR count). The van der Waals surface area contributed by atoms with Gasteiger partial charge in [-0.2, -0.15) is 10.2 Å². The molecule has 0 amide bonds. The van der Waals surface area contributed by atoms with Crippen LogP contribution >= 0.6 is 11.6 Å². The lowest BCUT2D eigenvalue weighted by molar-refractivity contribution is 1.06. The summed E-state index contributed by atoms with van der Waals surface area (Å²) in [5.74, 6) is 1.46. The van der Waals surface area contributed by atoms with Gasteiger partial charge in [0.1, 0.15) is 5.82 Å². The summed E-state index contributed by atoms with van der Waals surface area (Å²) >= 11 is 5.94. The third kappa shape index (κ3) is 4.67. The number of halogens is 1. The largest absolute Gasteiger partial charge is 0.363 e. The smallest absolute Gasteiger partial charge is 0.152 e. The Morgan fingerprint density at radius 2 is 1.45 bits per heavy atom. The van der Waals surface area contributed by atoms with Crippen LogP contribution in [0.3, 0.4) is 0 Å². The summed E-state index contributed by atoms with van der Waals surface area (Å²) in [6.07, 6.45) is 0. The third-order valence-corrected chi connectivity index (χ3v) is 4.71. The lowest BCUT2D eigenvalue weighted by atomic mass is 10.1. The van der Waals surface area contributed by atoms with Gasteiger partial charge in [0.25, 0.3) is 0 Å². The maximum absolute atomic E-state index is 5.94. The molecule has 0 radical (unpaired) electrons. The van der Waals surface area contributed by atoms with Gasteiger partial charge in [0.15, 0.2) is 5.82 Å². The van der Waals surface area contributed by atoms with E-state index >= 15 is 0 Å². The van der Waals surface area contributed by atoms with Gasteiger partial charge in [-0.1, -0.05) is 60.1 Å². The van der Waals surface area contributed by atoms with Crippen LogP contribution in [0.1, 0.15) is 5.56 Å². The maximum Gasteiger partial charge on any atom is 0.152 e. The van der Waals surface area contributed by atoms with E-state index in [1.165, 1.54) is 5.56 Å². The van der Waals surface area contributed by atoms with Crippen molar-refractivity contribution in [1.82, 2.24) is 20.4 Å². The number of H-pyrrole nitrogens is 2. The second-order valence-electron chi connectivity index (χ2n) is 6.79. The first-order valence-corrected chi connectivity index (χ1v) is 9.57. The first-order chi connectivity index (χ1) is 14.1. The van der Waals surface area contributed by atoms with Crippen molar-refractivity contribution in [2.75, 3.05) is 17.2 Å². The van der Waals surface area contributed by atoms with Crippen LogP contribution in [0.5, 0.6) is 0 Å². The van der Waals surface area contributed by atoms with Crippen molar-refractivity contribution in [1.29, 1.82) is 0 Å². The number of rotatable bonds is 7. The van der Waals surface area contributed by atoms with E-state index in [2.05, 4.69) is 68.8 Å². The Labute approximate surface area is 174 Å². The monoisotopic (exact) mass is 404 g/mol. The molecule has 2 heterocycles. The van der Waals surface area contributed by atoms with E-state index in [0.717, 1.165) is 39.8 Å². The highest BCUT2D eigenvalue weighted by molar-refractivity contribution is 6.30. The van der Waals surface area contributed by atoms with E-state index in [1.54, 1.807) is 0 Å². The summed E-state index contributed by atoms with van der Waals surface area (Å²) in [4.78, 5) is 0. The quantitative estimate of drug-likeness (QED) is 0.329. The Morgan fingerprint density at radius 1 is 0.897 bits per heavy atom. The van der Waals surface area contributed by atoms with E-state index in [9.17, 15) is 0 Å². The molecule has 2 aromatic heterocycles. The molecule has 0 aliphatic heterocycles. The Balaban J connectivity index is 1.33. The molecule has 0 spiro atoms. The highest BCUT2D eigenvalue weighted by Gasteiger charge is 2.06. The highest BCUT2D eigenvalue weighted by Crippen LogP contribution is 2.23. The van der Waals surface area contributed by atoms with Gasteiger partial charge in [-0.3, -0.25) is 10.2 Å². The number of anilines is 2. The van der Waals surface area contributed by atoms with Crippen LogP contribution in [0.2, 0.25) is 5.02 Å². The second-order valence-corrected chi connectivity index (χ2v) is 7.23. The molecular formula is C22H21ClN6. The predicted molar refractivity (Wildman–Crippen MR) is 119 cm³/mol. The predicted octanol–water partition coefficient (Wildman–Crippen LogP) is 5.47. The molecule has 2 aromatic carbocycles. The summed E-state index contributed by atoms with van der Waals surface area (Å²) in [6, 6.07) is 19.8. The fourth-order valence-corrected chi connectivity index (χ4v) is 3.00. The van der Waals surface area contributed by atoms with Gasteiger partial charge in [0, 0.05) is 22.9 Å². The number of aromatic nitrogens is 4. The summed E-state index contributed by atoms with van der Waals surface area (Å²) in [5, 5.41) is 21.8. The topological polar surface area (TPSA) is 81.4 Å². The summed E-state index contributed by atoms with van der Waals surface area (Å²) in [6.45, 7) is 6.63. The molecule has 6 nitrogen and oxygen atoms in total. The second kappa shape index (κ2) is 8.24. The number of benzene rings is 2. The molecule has 0 saturated heterocycles. The van der Waals surface area contributed by atoms with Crippen molar-refractivity contribution in [3.8, 4) is 22.5 Å². The van der Waals surface area contributed by atoms with Crippen LogP contribution in [0.25, 0.3) is 22.5 Å². The Kier molecular flexibility index (Phi) is 5.35. The van der Waals surface area contributed by atoms with Crippen molar-refractivity contribution in [2.24, 2.45) is 0 Å². The molecule has 29 heavy (non-hydrogen) atoms. The van der Waals surface area contributed by atoms with Gasteiger partial charge >= 0.3 is 0 Å². The first kappa shape index (κ1) is 18.8. The van der Waals surface area contributed by atoms with Crippen molar-refractivity contribution in [2.45, 2.75) is 6.92 Å². The van der Waals surface area contributed by atoms with Crippen LogP contribution in [0, 0.1) is 6.92 Å². The first-order valence-electron chi connectivity index (χ1n) is 9.19. The number of hydrogen-bond acceptors (Lipinski definition) is 4. The average molecular weight is 405 g/mol. The third-order valence-electron chi connectivity index (χ3n) is 4.46. The van der Waals surface area contributed by atoms with Crippen molar-refractivity contribution in [3.05, 3.63) is 83.5 Å². The Hall–Kier alpha value is -3.51. The normalized spacial score (nSPS) is 10.7. The summed E-state index contributed by atoms with van der Waals surface area (Å²) in [5.41, 5.74) is 5.98. The van der Waals surface area contributed by atoms with Crippen LogP contribution < -0.4 is 10.6 Å². The van der Waals surface area contributed by atoms with E-state index in [4.69, 9.17) is 11.6 Å². The molecule has 0 aliphatic rings. The van der Waals surface area contributed by atoms with E-state index < -0.39 is 0 Å². The maximum atomic E-state index is 5.94. The molecule has 4 N–H and O–H groups in total. The Bertz CT molecular complexity index is 1110. The molecule has 0 saturated carbocycles. The summed E-state index contributed by atoms with van der Waals surface area (Å²) in [7, 11) is 0. The lowest BCUT2D eigenvalue weighted by Gasteiger charge is -2.07. The number of nitrogens with one attached hydrogen (secondary N) is 4. The van der Waals surface area contributed by atoms with Gasteiger partial charge < -0.3 is 10.6 Å². The number of aryl methyl sites for hydroxylation is 1. The standard InChI is InChI=1S/C22H21ClN6/c1-14-3-5-16(6-4-14)20-12-22(29-27-20)25-15(2)13-24-21-11-19(26-28-21)17-7-9-18(23)10-8-17/h3-12H,2,13H2,1H3,(H2,24,26,28)(H2,25,27,29). The van der Waals surface area contributed by atoms with Gasteiger partial charge in [-0.05, 0) is 30.2 Å². The van der Waals surface area contributed by atoms with Gasteiger partial charge in [-0.15, -0.1) is 0 Å². The molecule has 146 valence electrons. The molecule has 7 heteroatoms. The van der Waals surface area contributed by atoms with Crippen LogP contribution in [0.15, 0.2) is 72.9 Å². The Morgan fingerprint density at radius 3 is 2.10 bits per heavy atom. The van der Waals surface area contributed by atoms with Crippen LogP contribution in [-0.4, -0.2) is 26.9 Å². The van der Waals surface area contributed by atoms with Crippen molar-refractivity contribution in [3.63, 3.8) is 0 Å². The van der Waals surface area contributed by atoms with Crippen molar-refractivity contribution < 1.29 is 0 Å². The summed E-state index contributed by atoms with van der Waals surface area (Å²) < 4.78 is 0. The minimum atomic E-state index is 0.512. The van der Waals surface area contributed by atoms with Crippen LogP contribution in [-0.2, 0) is 0 Å². The van der Waals surface area contributed by atoms with Gasteiger partial charge in [0.05, 0.1) is 17.9 Å². The number of nitrogens with zero attached hydrogens (tertiary/aromatic N) is 2. The molecule has 4 aromatic rings. The number of hydrogen-bond donors (Lipinski definition) is 4. The van der Waals surface area contributed by atoms with Gasteiger partial charge in [0.2, 0.25) is 0 Å².